The molecule has 0 aliphatic carbocycles. The van der Waals surface area contributed by atoms with Crippen molar-refractivity contribution in [3.63, 3.8) is 0 Å². The van der Waals surface area contributed by atoms with E-state index in [0.29, 0.717) is 11.1 Å². The molecular weight excluding hydrogens is 366 g/mol. The van der Waals surface area contributed by atoms with E-state index < -0.39 is 0 Å². The minimum Gasteiger partial charge on any atom is -0.505 e. The zero-order valence-corrected chi connectivity index (χ0v) is 17.7. The Morgan fingerprint density at radius 3 is 2.14 bits per heavy atom. The average Bonchev–Trinajstić information content (AvgIpc) is 2.74. The second kappa shape index (κ2) is 13.4. The van der Waals surface area contributed by atoms with Gasteiger partial charge in [-0.05, 0) is 38.3 Å². The fourth-order valence-electron chi connectivity index (χ4n) is 3.38. The summed E-state index contributed by atoms with van der Waals surface area (Å²) in [5, 5.41) is 17.9. The van der Waals surface area contributed by atoms with E-state index in [-0.39, 0.29) is 18.0 Å². The minimum absolute atomic E-state index is 0.0948. The van der Waals surface area contributed by atoms with Gasteiger partial charge in [0, 0.05) is 18.7 Å². The van der Waals surface area contributed by atoms with Crippen molar-refractivity contribution in [1.29, 1.82) is 0 Å². The molecule has 0 bridgehead atoms. The molecule has 0 spiro atoms. The first-order chi connectivity index (χ1) is 14.0. The molecule has 0 amide bonds. The summed E-state index contributed by atoms with van der Waals surface area (Å²) in [6, 6.07) is 13.2. The molecule has 0 atom stereocenters. The van der Waals surface area contributed by atoms with Gasteiger partial charge in [0.2, 0.25) is 0 Å². The molecule has 0 radical (unpaired) electrons. The van der Waals surface area contributed by atoms with E-state index in [2.05, 4.69) is 25.7 Å². The van der Waals surface area contributed by atoms with Crippen molar-refractivity contribution < 1.29 is 19.8 Å². The normalized spacial score (nSPS) is 10.0. The molecule has 2 aromatic rings. The Bertz CT molecular complexity index is 755. The van der Waals surface area contributed by atoms with E-state index in [1.54, 1.807) is 0 Å². The van der Waals surface area contributed by atoms with Gasteiger partial charge in [0.25, 0.3) is 6.47 Å². The maximum atomic E-state index is 13.1. The molecule has 0 saturated heterocycles. The van der Waals surface area contributed by atoms with Crippen LogP contribution in [0.15, 0.2) is 42.5 Å². The number of ketones is 1. The summed E-state index contributed by atoms with van der Waals surface area (Å²) >= 11 is 0. The number of rotatable bonds is 10. The monoisotopic (exact) mass is 399 g/mol. The molecule has 5 nitrogen and oxygen atoms in total. The zero-order chi connectivity index (χ0) is 21.6. The highest BCUT2D eigenvalue weighted by Crippen LogP contribution is 2.35. The van der Waals surface area contributed by atoms with Gasteiger partial charge in [-0.1, -0.05) is 62.6 Å². The Hall–Kier alpha value is -2.82. The summed E-state index contributed by atoms with van der Waals surface area (Å²) in [6.45, 7) is 7.63. The summed E-state index contributed by atoms with van der Waals surface area (Å²) in [5.41, 5.74) is 2.78. The maximum Gasteiger partial charge on any atom is 0.290 e. The van der Waals surface area contributed by atoms with Gasteiger partial charge in [-0.2, -0.15) is 0 Å². The number of nitrogens with zero attached hydrogens (tertiary/aromatic N) is 1. The lowest BCUT2D eigenvalue weighted by molar-refractivity contribution is -0.122. The largest absolute Gasteiger partial charge is 0.505 e. The van der Waals surface area contributed by atoms with Crippen LogP contribution >= 0.6 is 0 Å². The van der Waals surface area contributed by atoms with Gasteiger partial charge in [0.15, 0.2) is 5.78 Å². The fourth-order valence-corrected chi connectivity index (χ4v) is 3.38. The molecule has 0 unspecified atom stereocenters. The highest BCUT2D eigenvalue weighted by Gasteiger charge is 2.22. The molecule has 29 heavy (non-hydrogen) atoms. The van der Waals surface area contributed by atoms with E-state index in [9.17, 15) is 9.90 Å². The highest BCUT2D eigenvalue weighted by molar-refractivity contribution is 6.12. The fraction of sp³-hybridized carbons (Fsp3) is 0.417. The Balaban J connectivity index is 0.00000132. The molecule has 2 N–H and O–H groups in total. The van der Waals surface area contributed by atoms with Gasteiger partial charge in [-0.3, -0.25) is 9.59 Å². The third kappa shape index (κ3) is 6.93. The summed E-state index contributed by atoms with van der Waals surface area (Å²) in [4.78, 5) is 23.6. The summed E-state index contributed by atoms with van der Waals surface area (Å²) in [7, 11) is 0. The predicted octanol–water partition coefficient (Wildman–Crippen LogP) is 5.29. The third-order valence-corrected chi connectivity index (χ3v) is 4.91. The maximum absolute atomic E-state index is 13.1. The molecule has 2 rings (SSSR count). The van der Waals surface area contributed by atoms with E-state index in [1.807, 2.05) is 42.5 Å². The van der Waals surface area contributed by atoms with Crippen molar-refractivity contribution in [1.82, 2.24) is 0 Å². The van der Waals surface area contributed by atoms with Gasteiger partial charge < -0.3 is 15.1 Å². The van der Waals surface area contributed by atoms with Crippen LogP contribution in [0.2, 0.25) is 0 Å². The molecule has 2 aromatic carbocycles. The number of phenols is 1. The molecular formula is C24H33NO4. The molecule has 0 aromatic heterocycles. The summed E-state index contributed by atoms with van der Waals surface area (Å²) < 4.78 is 0. The van der Waals surface area contributed by atoms with Crippen LogP contribution in [0.4, 0.5) is 5.69 Å². The smallest absolute Gasteiger partial charge is 0.290 e. The predicted molar refractivity (Wildman–Crippen MR) is 118 cm³/mol. The molecule has 0 heterocycles. The first-order valence-electron chi connectivity index (χ1n) is 10.3. The van der Waals surface area contributed by atoms with Crippen LogP contribution in [0.25, 0.3) is 0 Å². The van der Waals surface area contributed by atoms with Gasteiger partial charge in [-0.15, -0.1) is 0 Å². The van der Waals surface area contributed by atoms with Crippen LogP contribution < -0.4 is 4.90 Å². The van der Waals surface area contributed by atoms with Gasteiger partial charge in [-0.25, -0.2) is 0 Å². The zero-order valence-electron chi connectivity index (χ0n) is 17.7. The van der Waals surface area contributed by atoms with Crippen LogP contribution in [0.5, 0.6) is 5.75 Å². The van der Waals surface area contributed by atoms with E-state index >= 15 is 0 Å². The van der Waals surface area contributed by atoms with E-state index in [1.165, 1.54) is 12.8 Å². The topological polar surface area (TPSA) is 77.8 Å². The second-order valence-corrected chi connectivity index (χ2v) is 6.75. The van der Waals surface area contributed by atoms with Crippen LogP contribution in [-0.2, 0) is 11.2 Å². The number of aryl methyl sites for hydroxylation is 1. The van der Waals surface area contributed by atoms with Crippen LogP contribution in [0.1, 0.15) is 67.9 Å². The molecule has 5 heteroatoms. The lowest BCUT2D eigenvalue weighted by Crippen LogP contribution is -2.22. The quantitative estimate of drug-likeness (QED) is 0.322. The molecule has 0 aliphatic rings. The van der Waals surface area contributed by atoms with Crippen molar-refractivity contribution in [2.45, 2.75) is 52.9 Å². The summed E-state index contributed by atoms with van der Waals surface area (Å²) in [6.07, 6.45) is 5.38. The molecule has 158 valence electrons. The van der Waals surface area contributed by atoms with Crippen molar-refractivity contribution in [2.24, 2.45) is 0 Å². The Kier molecular flexibility index (Phi) is 11.2. The minimum atomic E-state index is -0.250. The second-order valence-electron chi connectivity index (χ2n) is 6.75. The first kappa shape index (κ1) is 24.2. The number of carbonyl (C=O) groups is 2. The number of unbranched alkanes of at least 4 members (excludes halogenated alkanes) is 3. The number of phenolic OH excluding ortho intramolecular Hbond substituents is 1. The van der Waals surface area contributed by atoms with Gasteiger partial charge >= 0.3 is 0 Å². The van der Waals surface area contributed by atoms with Crippen molar-refractivity contribution in [2.75, 3.05) is 18.0 Å². The van der Waals surface area contributed by atoms with E-state index in [4.69, 9.17) is 9.90 Å². The Morgan fingerprint density at radius 1 is 0.966 bits per heavy atom. The lowest BCUT2D eigenvalue weighted by Gasteiger charge is -2.24. The molecule has 0 aliphatic heterocycles. The lowest BCUT2D eigenvalue weighted by atomic mass is 9.93. The van der Waals surface area contributed by atoms with Crippen molar-refractivity contribution in [3.05, 3.63) is 59.2 Å². The molecule has 0 fully saturated rings. The van der Waals surface area contributed by atoms with Crippen LogP contribution in [0, 0.1) is 0 Å². The number of hydrogen-bond donors (Lipinski definition) is 2. The molecule has 0 saturated carbocycles. The Morgan fingerprint density at radius 2 is 1.59 bits per heavy atom. The van der Waals surface area contributed by atoms with Crippen LogP contribution in [-0.4, -0.2) is 35.6 Å². The SMILES string of the molecule is CCCCCCc1ccc(N(CC)CC)c(O)c1C(=O)c1ccccc1.O=CO. The highest BCUT2D eigenvalue weighted by atomic mass is 16.3. The third-order valence-electron chi connectivity index (χ3n) is 4.91. The summed E-state index contributed by atoms with van der Waals surface area (Å²) in [5.74, 6) is 0.0261. The van der Waals surface area contributed by atoms with Crippen molar-refractivity contribution >= 4 is 17.9 Å². The first-order valence-corrected chi connectivity index (χ1v) is 10.3. The van der Waals surface area contributed by atoms with E-state index in [0.717, 1.165) is 43.6 Å². The van der Waals surface area contributed by atoms with Crippen molar-refractivity contribution in [3.8, 4) is 5.75 Å². The number of carboxylic acid groups (broad SMARTS) is 1. The van der Waals surface area contributed by atoms with Gasteiger partial charge in [0.1, 0.15) is 5.75 Å². The Labute approximate surface area is 174 Å². The number of hydrogen-bond acceptors (Lipinski definition) is 4. The number of carbonyl (C=O) groups excluding carboxylic acids is 1. The number of aromatic hydroxyl groups is 1. The number of anilines is 1. The van der Waals surface area contributed by atoms with Gasteiger partial charge in [0.05, 0.1) is 11.3 Å². The standard InChI is InChI=1S/C23H31NO2.CH2O2/c1-4-7-8-10-13-18-16-17-20(24(5-2)6-3)23(26)21(18)22(25)19-14-11-9-12-15-19;2-1-3/h9,11-12,14-17,26H,4-8,10,13H2,1-3H3;1H,(H,2,3). The van der Waals surface area contributed by atoms with Crippen LogP contribution in [0.3, 0.4) is 0 Å². The average molecular weight is 400 g/mol. The number of benzene rings is 2.